The number of carbonyl (C=O) groups is 2. The van der Waals surface area contributed by atoms with E-state index in [1.54, 1.807) is 0 Å². The lowest BCUT2D eigenvalue weighted by Crippen LogP contribution is -2.46. The van der Waals surface area contributed by atoms with Gasteiger partial charge in [0.25, 0.3) is 0 Å². The van der Waals surface area contributed by atoms with Crippen molar-refractivity contribution in [2.45, 2.75) is 52.4 Å². The molecule has 118 valence electrons. The van der Waals surface area contributed by atoms with E-state index in [2.05, 4.69) is 5.16 Å². The normalized spacial score (nSPS) is 23.6. The van der Waals surface area contributed by atoms with Crippen LogP contribution < -0.4 is 0 Å². The summed E-state index contributed by atoms with van der Waals surface area (Å²) in [5.41, 5.74) is 0.447. The topological polar surface area (TPSA) is 65.0 Å². The fourth-order valence-electron chi connectivity index (χ4n) is 3.36. The summed E-state index contributed by atoms with van der Waals surface area (Å²) in [5.74, 6) is -0.648. The minimum absolute atomic E-state index is 0.0139. The van der Waals surface area contributed by atoms with Crippen LogP contribution in [0.2, 0.25) is 0 Å². The highest BCUT2D eigenvalue weighted by atomic mass is 16.6. The van der Waals surface area contributed by atoms with Gasteiger partial charge in [0.1, 0.15) is 24.1 Å². The molecule has 0 radical (unpaired) electrons. The fraction of sp³-hybridized carbons (Fsp3) is 0.812. The maximum absolute atomic E-state index is 12.6. The van der Waals surface area contributed by atoms with Gasteiger partial charge in [0.15, 0.2) is 0 Å². The number of nitrogens with zero attached hydrogens (tertiary/aromatic N) is 1. The van der Waals surface area contributed by atoms with Crippen molar-refractivity contribution in [3.05, 3.63) is 0 Å². The molecule has 1 saturated carbocycles. The molecule has 1 aliphatic carbocycles. The van der Waals surface area contributed by atoms with Crippen LogP contribution in [0.4, 0.5) is 0 Å². The first-order chi connectivity index (χ1) is 10.1. The van der Waals surface area contributed by atoms with Gasteiger partial charge in [-0.2, -0.15) is 0 Å². The van der Waals surface area contributed by atoms with Crippen LogP contribution in [0.3, 0.4) is 0 Å². The summed E-state index contributed by atoms with van der Waals surface area (Å²) in [4.78, 5) is 30.2. The Morgan fingerprint density at radius 2 is 1.86 bits per heavy atom. The average Bonchev–Trinajstić information content (AvgIpc) is 2.44. The standard InChI is InChI=1S/C16H25NO4/c1-3-5-12(17-21-4-2)15-13(18)10-16(11-14(15)19)6-8-20-9-7-16/h15H,3-11H2,1-2H3/b17-12+. The predicted octanol–water partition coefficient (Wildman–Crippen LogP) is 2.52. The summed E-state index contributed by atoms with van der Waals surface area (Å²) >= 11 is 0. The van der Waals surface area contributed by atoms with Crippen molar-refractivity contribution in [3.63, 3.8) is 0 Å². The Hall–Kier alpha value is -1.23. The summed E-state index contributed by atoms with van der Waals surface area (Å²) in [5, 5.41) is 4.04. The highest BCUT2D eigenvalue weighted by Crippen LogP contribution is 2.43. The molecule has 5 heteroatoms. The minimum atomic E-state index is -0.676. The number of ether oxygens (including phenoxy) is 1. The first-order valence-corrected chi connectivity index (χ1v) is 7.94. The SMILES string of the molecule is CCC/C(=N\OCC)C1C(=O)CC2(CCOCC2)CC1=O. The van der Waals surface area contributed by atoms with Crippen molar-refractivity contribution in [1.29, 1.82) is 0 Å². The Labute approximate surface area is 126 Å². The predicted molar refractivity (Wildman–Crippen MR) is 79.2 cm³/mol. The van der Waals surface area contributed by atoms with Gasteiger partial charge in [0.05, 0.1) is 5.71 Å². The third-order valence-corrected chi connectivity index (χ3v) is 4.45. The Kier molecular flexibility index (Phi) is 5.51. The molecule has 1 saturated heterocycles. The van der Waals surface area contributed by atoms with E-state index < -0.39 is 5.92 Å². The van der Waals surface area contributed by atoms with E-state index in [-0.39, 0.29) is 17.0 Å². The van der Waals surface area contributed by atoms with Crippen LogP contribution in [0.15, 0.2) is 5.16 Å². The van der Waals surface area contributed by atoms with Crippen molar-refractivity contribution in [3.8, 4) is 0 Å². The molecule has 0 aromatic heterocycles. The highest BCUT2D eigenvalue weighted by Gasteiger charge is 2.47. The van der Waals surface area contributed by atoms with Crippen LogP contribution in [-0.2, 0) is 19.2 Å². The summed E-state index contributed by atoms with van der Waals surface area (Å²) in [6.45, 7) is 5.61. The van der Waals surface area contributed by atoms with E-state index in [1.807, 2.05) is 13.8 Å². The van der Waals surface area contributed by atoms with E-state index in [0.29, 0.717) is 44.8 Å². The zero-order valence-corrected chi connectivity index (χ0v) is 13.0. The maximum Gasteiger partial charge on any atom is 0.149 e. The third-order valence-electron chi connectivity index (χ3n) is 4.45. The molecule has 0 unspecified atom stereocenters. The number of oxime groups is 1. The van der Waals surface area contributed by atoms with Crippen molar-refractivity contribution in [2.75, 3.05) is 19.8 Å². The molecule has 0 aromatic carbocycles. The second-order valence-corrected chi connectivity index (χ2v) is 6.08. The van der Waals surface area contributed by atoms with Gasteiger partial charge in [0.2, 0.25) is 0 Å². The molecule has 21 heavy (non-hydrogen) atoms. The van der Waals surface area contributed by atoms with Gasteiger partial charge >= 0.3 is 0 Å². The Balaban J connectivity index is 2.14. The van der Waals surface area contributed by atoms with Crippen LogP contribution in [0.25, 0.3) is 0 Å². The molecule has 0 amide bonds. The average molecular weight is 295 g/mol. The molecule has 2 rings (SSSR count). The number of ketones is 2. The van der Waals surface area contributed by atoms with Crippen LogP contribution in [0.5, 0.6) is 0 Å². The fourth-order valence-corrected chi connectivity index (χ4v) is 3.36. The van der Waals surface area contributed by atoms with E-state index >= 15 is 0 Å². The molecule has 2 aliphatic rings. The van der Waals surface area contributed by atoms with Crippen molar-refractivity contribution < 1.29 is 19.2 Å². The van der Waals surface area contributed by atoms with E-state index in [0.717, 1.165) is 19.3 Å². The molecule has 1 spiro atoms. The van der Waals surface area contributed by atoms with Gasteiger partial charge in [-0.15, -0.1) is 0 Å². The molecule has 2 fully saturated rings. The lowest BCUT2D eigenvalue weighted by molar-refractivity contribution is -0.140. The maximum atomic E-state index is 12.6. The minimum Gasteiger partial charge on any atom is -0.396 e. The van der Waals surface area contributed by atoms with Gasteiger partial charge in [-0.25, -0.2) is 0 Å². The zero-order chi connectivity index (χ0) is 15.3. The first-order valence-electron chi connectivity index (χ1n) is 7.94. The van der Waals surface area contributed by atoms with E-state index in [4.69, 9.17) is 9.57 Å². The number of hydrogen-bond donors (Lipinski definition) is 0. The summed E-state index contributed by atoms with van der Waals surface area (Å²) < 4.78 is 5.37. The number of rotatable bonds is 5. The zero-order valence-electron chi connectivity index (χ0n) is 13.0. The molecule has 0 aromatic rings. The smallest absolute Gasteiger partial charge is 0.149 e. The Bertz CT molecular complexity index is 404. The van der Waals surface area contributed by atoms with E-state index in [9.17, 15) is 9.59 Å². The Morgan fingerprint density at radius 1 is 1.24 bits per heavy atom. The van der Waals surface area contributed by atoms with Crippen molar-refractivity contribution in [1.82, 2.24) is 0 Å². The van der Waals surface area contributed by atoms with Crippen LogP contribution >= 0.6 is 0 Å². The molecule has 1 heterocycles. The lowest BCUT2D eigenvalue weighted by atomic mass is 9.64. The van der Waals surface area contributed by atoms with Gasteiger partial charge < -0.3 is 9.57 Å². The third kappa shape index (κ3) is 3.70. The summed E-state index contributed by atoms with van der Waals surface area (Å²) in [6, 6.07) is 0. The van der Waals surface area contributed by atoms with Gasteiger partial charge in [0, 0.05) is 26.1 Å². The molecule has 5 nitrogen and oxygen atoms in total. The van der Waals surface area contributed by atoms with Crippen LogP contribution in [0, 0.1) is 11.3 Å². The number of carbonyl (C=O) groups excluding carboxylic acids is 2. The first kappa shape index (κ1) is 16.1. The summed E-state index contributed by atoms with van der Waals surface area (Å²) in [7, 11) is 0. The van der Waals surface area contributed by atoms with Crippen LogP contribution in [-0.4, -0.2) is 37.1 Å². The molecular weight excluding hydrogens is 270 g/mol. The van der Waals surface area contributed by atoms with Crippen LogP contribution in [0.1, 0.15) is 52.4 Å². The number of hydrogen-bond acceptors (Lipinski definition) is 5. The molecular formula is C16H25NO4. The van der Waals surface area contributed by atoms with Gasteiger partial charge in [-0.3, -0.25) is 9.59 Å². The highest BCUT2D eigenvalue weighted by molar-refractivity contribution is 6.22. The molecule has 0 N–H and O–H groups in total. The van der Waals surface area contributed by atoms with Gasteiger partial charge in [-0.1, -0.05) is 18.5 Å². The van der Waals surface area contributed by atoms with Gasteiger partial charge in [-0.05, 0) is 31.6 Å². The Morgan fingerprint density at radius 3 is 2.38 bits per heavy atom. The largest absolute Gasteiger partial charge is 0.396 e. The second kappa shape index (κ2) is 7.16. The van der Waals surface area contributed by atoms with E-state index in [1.165, 1.54) is 0 Å². The molecule has 0 bridgehead atoms. The molecule has 1 aliphatic heterocycles. The quantitative estimate of drug-likeness (QED) is 0.444. The summed E-state index contributed by atoms with van der Waals surface area (Å²) in [6.07, 6.45) is 4.05. The van der Waals surface area contributed by atoms with Crippen molar-refractivity contribution >= 4 is 17.3 Å². The number of Topliss-reactive ketones (excluding diaryl/α,β-unsaturated/α-hetero) is 2. The lowest BCUT2D eigenvalue weighted by Gasteiger charge is -2.41. The van der Waals surface area contributed by atoms with Crippen molar-refractivity contribution in [2.24, 2.45) is 16.5 Å². The monoisotopic (exact) mass is 295 g/mol. The molecule has 0 atom stereocenters. The second-order valence-electron chi connectivity index (χ2n) is 6.08.